The van der Waals surface area contributed by atoms with Crippen molar-refractivity contribution in [3.8, 4) is 5.75 Å². The lowest BCUT2D eigenvalue weighted by molar-refractivity contribution is -0.0954. The van der Waals surface area contributed by atoms with Crippen LogP contribution in [0.3, 0.4) is 0 Å². The minimum absolute atomic E-state index is 0.209. The van der Waals surface area contributed by atoms with Gasteiger partial charge >= 0.3 is 0 Å². The molecule has 3 heterocycles. The van der Waals surface area contributed by atoms with Crippen molar-refractivity contribution in [2.45, 2.75) is 82.0 Å². The first kappa shape index (κ1) is 37.7. The smallest absolute Gasteiger partial charge is 0.264 e. The minimum atomic E-state index is -3.95. The molecule has 7 rings (SSSR count). The number of methoxy groups -OCH3 is 1. The summed E-state index contributed by atoms with van der Waals surface area (Å²) >= 11 is 6.50. The van der Waals surface area contributed by atoms with Crippen LogP contribution in [0.1, 0.15) is 80.8 Å². The summed E-state index contributed by atoms with van der Waals surface area (Å²) in [7, 11) is -2.09. The number of halogens is 1. The van der Waals surface area contributed by atoms with Crippen molar-refractivity contribution < 1.29 is 22.7 Å². The molecule has 52 heavy (non-hydrogen) atoms. The molecule has 0 unspecified atom stereocenters. The summed E-state index contributed by atoms with van der Waals surface area (Å²) in [6.07, 6.45) is 11.3. The molecule has 6 atom stereocenters. The highest BCUT2D eigenvalue weighted by Crippen LogP contribution is 2.49. The van der Waals surface area contributed by atoms with Crippen molar-refractivity contribution in [2.24, 2.45) is 17.8 Å². The van der Waals surface area contributed by atoms with E-state index in [-0.39, 0.29) is 17.3 Å². The number of nitrogens with one attached hydrogen (secondary N) is 1. The molecule has 0 radical (unpaired) electrons. The van der Waals surface area contributed by atoms with Crippen LogP contribution in [0.15, 0.2) is 48.6 Å². The van der Waals surface area contributed by atoms with Crippen molar-refractivity contribution in [3.63, 3.8) is 0 Å². The van der Waals surface area contributed by atoms with E-state index >= 15 is 0 Å². The number of hydrogen-bond donors (Lipinski definition) is 1. The Morgan fingerprint density at radius 3 is 2.58 bits per heavy atom. The number of amides is 1. The lowest BCUT2D eigenvalue weighted by atomic mass is 9.63. The maximum atomic E-state index is 13.6. The third kappa shape index (κ3) is 7.39. The van der Waals surface area contributed by atoms with Crippen molar-refractivity contribution in [2.75, 3.05) is 71.0 Å². The van der Waals surface area contributed by atoms with Crippen LogP contribution in [0.25, 0.3) is 0 Å². The summed E-state index contributed by atoms with van der Waals surface area (Å²) in [6, 6.07) is 11.7. The highest BCUT2D eigenvalue weighted by Gasteiger charge is 2.50. The number of carbonyl (C=O) groups excluding carboxylic acids is 1. The lowest BCUT2D eigenvalue weighted by Gasteiger charge is -2.52. The molecule has 1 N–H and O–H groups in total. The van der Waals surface area contributed by atoms with Gasteiger partial charge in [-0.15, -0.1) is 0 Å². The van der Waals surface area contributed by atoms with Gasteiger partial charge in [-0.1, -0.05) is 43.7 Å². The summed E-state index contributed by atoms with van der Waals surface area (Å²) in [5.41, 5.74) is 2.95. The molecule has 2 aromatic carbocycles. The maximum Gasteiger partial charge on any atom is 0.264 e. The normalized spacial score (nSPS) is 33.2. The molecule has 3 aliphatic heterocycles. The van der Waals surface area contributed by atoms with Gasteiger partial charge in [-0.3, -0.25) is 9.69 Å². The van der Waals surface area contributed by atoms with Gasteiger partial charge in [0.25, 0.3) is 5.91 Å². The van der Waals surface area contributed by atoms with Gasteiger partial charge in [0.2, 0.25) is 10.0 Å². The summed E-state index contributed by atoms with van der Waals surface area (Å²) in [4.78, 5) is 21.2. The molecule has 1 amide bonds. The Labute approximate surface area is 316 Å². The molecule has 2 fully saturated rings. The van der Waals surface area contributed by atoms with Gasteiger partial charge in [-0.2, -0.15) is 0 Å². The number of carbonyl (C=O) groups is 1. The number of ether oxygens (including phenoxy) is 2. The van der Waals surface area contributed by atoms with Gasteiger partial charge in [-0.25, -0.2) is 13.1 Å². The van der Waals surface area contributed by atoms with E-state index in [9.17, 15) is 13.2 Å². The number of sulfonamides is 1. The summed E-state index contributed by atoms with van der Waals surface area (Å²) < 4.78 is 43.0. The highest BCUT2D eigenvalue weighted by molar-refractivity contribution is 7.90. The van der Waals surface area contributed by atoms with E-state index in [2.05, 4.69) is 50.6 Å². The first-order valence-corrected chi connectivity index (χ1v) is 21.4. The molecule has 1 saturated carbocycles. The molecular formula is C41H57ClN4O5S. The average Bonchev–Trinajstić information content (AvgIpc) is 3.26. The Balaban J connectivity index is 1.28. The molecule has 0 aromatic heterocycles. The second-order valence-electron chi connectivity index (χ2n) is 16.3. The molecule has 5 aliphatic rings. The number of piperazine rings is 1. The first-order chi connectivity index (χ1) is 25.0. The largest absolute Gasteiger partial charge is 0.490 e. The second-order valence-corrected chi connectivity index (χ2v) is 18.8. The number of hydrogen-bond acceptors (Lipinski definition) is 8. The molecule has 11 heteroatoms. The van der Waals surface area contributed by atoms with Gasteiger partial charge in [0.05, 0.1) is 17.5 Å². The quantitative estimate of drug-likeness (QED) is 0.357. The average molecular weight is 753 g/mol. The molecular weight excluding hydrogens is 696 g/mol. The molecule has 9 nitrogen and oxygen atoms in total. The Hall–Kier alpha value is -2.63. The fourth-order valence-electron chi connectivity index (χ4n) is 9.64. The number of rotatable bonds is 5. The number of nitrogens with zero attached hydrogens (tertiary/aromatic N) is 3. The van der Waals surface area contributed by atoms with Gasteiger partial charge < -0.3 is 19.3 Å². The van der Waals surface area contributed by atoms with Crippen LogP contribution in [-0.2, 0) is 26.6 Å². The van der Waals surface area contributed by atoms with E-state index in [1.807, 2.05) is 32.2 Å². The van der Waals surface area contributed by atoms with E-state index in [1.54, 1.807) is 13.0 Å². The van der Waals surface area contributed by atoms with Gasteiger partial charge in [0.1, 0.15) is 11.4 Å². The Morgan fingerprint density at radius 1 is 1.06 bits per heavy atom. The van der Waals surface area contributed by atoms with E-state index in [0.29, 0.717) is 24.5 Å². The molecule has 1 spiro atoms. The highest BCUT2D eigenvalue weighted by atomic mass is 35.5. The monoisotopic (exact) mass is 752 g/mol. The number of allylic oxidation sites excluding steroid dienone is 1. The zero-order valence-corrected chi connectivity index (χ0v) is 33.0. The SMILES string of the molecule is CCCN1CCN(C[C@@]2(OC)/C=C\C[C@H](C)[C@@H](C)S(=O)(=O)NC(=O)c3ccc4c(c3)N(C[C@@H]3CC[C@H]32)C[C@@]2(CCCc3cc(Cl)ccc32)CO4)CC1. The molecule has 2 aromatic rings. The number of benzene rings is 2. The van der Waals surface area contributed by atoms with E-state index < -0.39 is 26.8 Å². The van der Waals surface area contributed by atoms with Crippen LogP contribution < -0.4 is 14.4 Å². The van der Waals surface area contributed by atoms with Gasteiger partial charge in [0, 0.05) is 68.9 Å². The molecule has 2 aliphatic carbocycles. The predicted molar refractivity (Wildman–Crippen MR) is 208 cm³/mol. The summed E-state index contributed by atoms with van der Waals surface area (Å²) in [6.45, 7) is 14.0. The molecule has 2 bridgehead atoms. The number of anilines is 1. The molecule has 1 saturated heterocycles. The van der Waals surface area contributed by atoms with Crippen LogP contribution in [0, 0.1) is 17.8 Å². The lowest BCUT2D eigenvalue weighted by Crippen LogP contribution is -2.59. The van der Waals surface area contributed by atoms with Crippen LogP contribution in [0.5, 0.6) is 5.75 Å². The van der Waals surface area contributed by atoms with E-state index in [4.69, 9.17) is 21.1 Å². The van der Waals surface area contributed by atoms with Crippen molar-refractivity contribution >= 4 is 33.2 Å². The topological polar surface area (TPSA) is 91.4 Å². The Morgan fingerprint density at radius 2 is 1.85 bits per heavy atom. The van der Waals surface area contributed by atoms with E-state index in [0.717, 1.165) is 107 Å². The summed E-state index contributed by atoms with van der Waals surface area (Å²) in [5, 5.41) is -0.0181. The van der Waals surface area contributed by atoms with Crippen LogP contribution in [-0.4, -0.2) is 101 Å². The molecule has 284 valence electrons. The summed E-state index contributed by atoms with van der Waals surface area (Å²) in [5.74, 6) is 0.530. The zero-order chi connectivity index (χ0) is 36.7. The van der Waals surface area contributed by atoms with Crippen LogP contribution in [0.2, 0.25) is 5.02 Å². The second kappa shape index (κ2) is 15.2. The fourth-order valence-corrected chi connectivity index (χ4v) is 11.1. The van der Waals surface area contributed by atoms with Crippen molar-refractivity contribution in [3.05, 3.63) is 70.3 Å². The third-order valence-electron chi connectivity index (χ3n) is 13.1. The number of aryl methyl sites for hydroxylation is 1. The Bertz CT molecular complexity index is 1760. The van der Waals surface area contributed by atoms with Crippen molar-refractivity contribution in [1.82, 2.24) is 14.5 Å². The Kier molecular flexibility index (Phi) is 11.0. The fraction of sp³-hybridized carbons (Fsp3) is 0.634. The number of fused-ring (bicyclic) bond motifs is 4. The predicted octanol–water partition coefficient (Wildman–Crippen LogP) is 6.30. The minimum Gasteiger partial charge on any atom is -0.490 e. The van der Waals surface area contributed by atoms with Gasteiger partial charge in [-0.05, 0) is 118 Å². The zero-order valence-electron chi connectivity index (χ0n) is 31.4. The van der Waals surface area contributed by atoms with Crippen molar-refractivity contribution in [1.29, 1.82) is 0 Å². The van der Waals surface area contributed by atoms with Crippen LogP contribution in [0.4, 0.5) is 5.69 Å². The maximum absolute atomic E-state index is 13.6. The standard InChI is InChI=1S/C41H57ClN4O5S/c1-5-18-44-19-21-45(22-20-44)27-41(50-4)17-6-8-29(2)30(3)52(48,49)43-39(47)32-11-15-38-37(24-32)46(25-33-10-13-36(33)41)26-40(28-51-38)16-7-9-31-23-34(42)12-14-35(31)40/h6,11-12,14-15,17,23-24,29-30,33,36H,5,7-10,13,16,18-22,25-28H2,1-4H3,(H,43,47)/b17-6-/t29-,30+,33-,36+,40-,41-/m0/s1. The van der Waals surface area contributed by atoms with Crippen LogP contribution >= 0.6 is 11.6 Å². The third-order valence-corrected chi connectivity index (χ3v) is 15.2. The van der Waals surface area contributed by atoms with Gasteiger partial charge in [0.15, 0.2) is 0 Å². The van der Waals surface area contributed by atoms with E-state index in [1.165, 1.54) is 11.1 Å². The first-order valence-electron chi connectivity index (χ1n) is 19.5.